The first-order valence-corrected chi connectivity index (χ1v) is 7.33. The van der Waals surface area contributed by atoms with Crippen LogP contribution in [-0.4, -0.2) is 17.9 Å². The molecule has 0 spiro atoms. The lowest BCUT2D eigenvalue weighted by Gasteiger charge is -2.08. The number of hydrogen-bond acceptors (Lipinski definition) is 6. The fourth-order valence-electron chi connectivity index (χ4n) is 1.71. The summed E-state index contributed by atoms with van der Waals surface area (Å²) in [5, 5.41) is 6.48. The van der Waals surface area contributed by atoms with Gasteiger partial charge < -0.3 is 9.73 Å². The van der Waals surface area contributed by atoms with Crippen molar-refractivity contribution in [3.05, 3.63) is 47.3 Å². The van der Waals surface area contributed by atoms with Crippen LogP contribution in [0, 0.1) is 0 Å². The summed E-state index contributed by atoms with van der Waals surface area (Å²) in [6.07, 6.45) is 3.02. The number of nitrogens with one attached hydrogen (secondary N) is 1. The minimum Gasteiger partial charge on any atom is -0.444 e. The lowest BCUT2D eigenvalue weighted by Crippen LogP contribution is -2.13. The van der Waals surface area contributed by atoms with E-state index >= 15 is 0 Å². The zero-order chi connectivity index (χ0) is 15.9. The molecule has 2 aromatic rings. The van der Waals surface area contributed by atoms with Gasteiger partial charge in [0.2, 0.25) is 0 Å². The second-order valence-corrected chi connectivity index (χ2v) is 5.35. The van der Waals surface area contributed by atoms with Gasteiger partial charge in [-0.3, -0.25) is 4.79 Å². The maximum Gasteiger partial charge on any atom is 0.263 e. The predicted octanol–water partition coefficient (Wildman–Crippen LogP) is 4.30. The molecule has 0 atom stereocenters. The Bertz CT molecular complexity index is 687. The van der Waals surface area contributed by atoms with Crippen molar-refractivity contribution in [2.45, 2.75) is 13.8 Å². The Labute approximate surface area is 132 Å². The van der Waals surface area contributed by atoms with E-state index in [0.717, 1.165) is 23.1 Å². The molecule has 0 aliphatic carbocycles. The van der Waals surface area contributed by atoms with Gasteiger partial charge in [0.05, 0.1) is 11.1 Å². The van der Waals surface area contributed by atoms with Gasteiger partial charge in [-0.25, -0.2) is 4.98 Å². The van der Waals surface area contributed by atoms with E-state index in [1.807, 2.05) is 38.1 Å². The highest BCUT2D eigenvalue weighted by molar-refractivity contribution is 8.02. The number of hydrogen-bond donors (Lipinski definition) is 1. The van der Waals surface area contributed by atoms with Crippen molar-refractivity contribution in [3.8, 4) is 11.3 Å². The molecule has 7 heteroatoms. The monoisotopic (exact) mass is 316 g/mol. The van der Waals surface area contributed by atoms with Crippen LogP contribution in [-0.2, 0) is 4.79 Å². The summed E-state index contributed by atoms with van der Waals surface area (Å²) in [5.74, 6) is 0.478. The molecule has 0 bridgehead atoms. The van der Waals surface area contributed by atoms with E-state index in [0.29, 0.717) is 16.4 Å². The van der Waals surface area contributed by atoms with E-state index in [1.165, 1.54) is 6.39 Å². The summed E-state index contributed by atoms with van der Waals surface area (Å²) in [5.41, 5.74) is 2.47. The number of aromatic nitrogens is 1. The Morgan fingerprint density at radius 1 is 1.27 bits per heavy atom. The highest BCUT2D eigenvalue weighted by Crippen LogP contribution is 2.24. The Morgan fingerprint density at radius 3 is 2.55 bits per heavy atom. The van der Waals surface area contributed by atoms with Gasteiger partial charge in [0.15, 0.2) is 12.2 Å². The van der Waals surface area contributed by atoms with Crippen LogP contribution in [0.15, 0.2) is 61.4 Å². The Balaban J connectivity index is 2.10. The van der Waals surface area contributed by atoms with Crippen LogP contribution < -0.4 is 5.32 Å². The van der Waals surface area contributed by atoms with E-state index < -0.39 is 0 Å². The first-order valence-electron chi connectivity index (χ1n) is 6.55. The lowest BCUT2D eigenvalue weighted by atomic mass is 10.1. The molecular formula is C15H16N4O2S. The molecule has 0 saturated heterocycles. The number of oxazole rings is 1. The van der Waals surface area contributed by atoms with Crippen LogP contribution in [0.5, 0.6) is 0 Å². The minimum absolute atomic E-state index is 0.204. The zero-order valence-electron chi connectivity index (χ0n) is 12.5. The van der Waals surface area contributed by atoms with Crippen molar-refractivity contribution in [2.75, 3.05) is 12.4 Å². The Kier molecular flexibility index (Phi) is 5.48. The van der Waals surface area contributed by atoms with Gasteiger partial charge in [0.1, 0.15) is 0 Å². The van der Waals surface area contributed by atoms with Gasteiger partial charge in [-0.15, -0.1) is 4.52 Å². The quantitative estimate of drug-likeness (QED) is 0.506. The number of anilines is 1. The van der Waals surface area contributed by atoms with Crippen LogP contribution in [0.4, 0.5) is 5.69 Å². The third-order valence-electron chi connectivity index (χ3n) is 2.73. The molecule has 1 amide bonds. The maximum absolute atomic E-state index is 12.3. The second-order valence-electron chi connectivity index (χ2n) is 4.60. The van der Waals surface area contributed by atoms with Gasteiger partial charge in [-0.1, -0.05) is 5.57 Å². The number of rotatable bonds is 5. The van der Waals surface area contributed by atoms with Crippen molar-refractivity contribution < 1.29 is 9.21 Å². The van der Waals surface area contributed by atoms with Crippen molar-refractivity contribution in [1.29, 1.82) is 0 Å². The van der Waals surface area contributed by atoms with Crippen LogP contribution in [0.1, 0.15) is 13.8 Å². The summed E-state index contributed by atoms with van der Waals surface area (Å²) in [4.78, 5) is 16.7. The smallest absolute Gasteiger partial charge is 0.263 e. The van der Waals surface area contributed by atoms with Crippen molar-refractivity contribution >= 4 is 23.5 Å². The predicted molar refractivity (Wildman–Crippen MR) is 87.3 cm³/mol. The molecule has 0 unspecified atom stereocenters. The van der Waals surface area contributed by atoms with Crippen molar-refractivity contribution in [1.82, 2.24) is 4.98 Å². The third-order valence-corrected chi connectivity index (χ3v) is 3.75. The van der Waals surface area contributed by atoms with E-state index in [4.69, 9.17) is 4.42 Å². The molecule has 22 heavy (non-hydrogen) atoms. The lowest BCUT2D eigenvalue weighted by molar-refractivity contribution is -0.112. The first-order chi connectivity index (χ1) is 10.6. The summed E-state index contributed by atoms with van der Waals surface area (Å²) in [7, 11) is 1.57. The van der Waals surface area contributed by atoms with Crippen LogP contribution in [0.2, 0.25) is 0 Å². The van der Waals surface area contributed by atoms with Gasteiger partial charge in [-0.05, 0) is 38.1 Å². The second kappa shape index (κ2) is 7.56. The normalized spacial score (nSPS) is 10.7. The number of benzene rings is 1. The minimum atomic E-state index is -0.204. The Morgan fingerprint density at radius 2 is 2.00 bits per heavy atom. The molecule has 0 fully saturated rings. The summed E-state index contributed by atoms with van der Waals surface area (Å²) >= 11 is 1.06. The molecule has 0 radical (unpaired) electrons. The van der Waals surface area contributed by atoms with Gasteiger partial charge in [-0.2, -0.15) is 5.11 Å². The molecule has 2 rings (SSSR count). The van der Waals surface area contributed by atoms with Gasteiger partial charge in [0.25, 0.3) is 5.91 Å². The summed E-state index contributed by atoms with van der Waals surface area (Å²) in [6.45, 7) is 3.72. The molecule has 114 valence electrons. The third kappa shape index (κ3) is 4.05. The topological polar surface area (TPSA) is 79.9 Å². The zero-order valence-corrected chi connectivity index (χ0v) is 13.3. The Hall–Kier alpha value is -2.41. The summed E-state index contributed by atoms with van der Waals surface area (Å²) < 4.78 is 9.03. The molecule has 1 aromatic carbocycles. The molecule has 1 aromatic heterocycles. The molecule has 0 saturated carbocycles. The SMILES string of the molecule is CN=NSC(C(=O)Nc1ccc(-c2cnco2)cc1)=C(C)C. The van der Waals surface area contributed by atoms with Crippen molar-refractivity contribution in [2.24, 2.45) is 9.63 Å². The van der Waals surface area contributed by atoms with E-state index in [1.54, 1.807) is 13.2 Å². The van der Waals surface area contributed by atoms with E-state index in [2.05, 4.69) is 19.9 Å². The molecule has 6 nitrogen and oxygen atoms in total. The average molecular weight is 316 g/mol. The standard InChI is InChI=1S/C15H16N4O2S/c1-10(2)14(22-19-16-3)15(20)18-12-6-4-11(5-7-12)13-8-17-9-21-13/h4-9H,1-3H3,(H,18,20). The van der Waals surface area contributed by atoms with E-state index in [-0.39, 0.29) is 5.91 Å². The first kappa shape index (κ1) is 16.0. The number of allylic oxidation sites excluding steroid dienone is 1. The molecule has 0 aliphatic rings. The molecule has 0 aliphatic heterocycles. The number of carbonyl (C=O) groups excluding carboxylic acids is 1. The van der Waals surface area contributed by atoms with E-state index in [9.17, 15) is 4.79 Å². The maximum atomic E-state index is 12.3. The molecular weight excluding hydrogens is 300 g/mol. The van der Waals surface area contributed by atoms with Gasteiger partial charge in [0, 0.05) is 30.2 Å². The molecule has 1 heterocycles. The average Bonchev–Trinajstić information content (AvgIpc) is 3.02. The number of nitrogens with zero attached hydrogens (tertiary/aromatic N) is 3. The fraction of sp³-hybridized carbons (Fsp3) is 0.200. The summed E-state index contributed by atoms with van der Waals surface area (Å²) in [6, 6.07) is 7.34. The van der Waals surface area contributed by atoms with Crippen molar-refractivity contribution in [3.63, 3.8) is 0 Å². The fourth-order valence-corrected chi connectivity index (χ4v) is 2.19. The highest BCUT2D eigenvalue weighted by atomic mass is 32.2. The van der Waals surface area contributed by atoms with Gasteiger partial charge >= 0.3 is 0 Å². The molecule has 1 N–H and O–H groups in total. The van der Waals surface area contributed by atoms with Crippen LogP contribution in [0.3, 0.4) is 0 Å². The van der Waals surface area contributed by atoms with Crippen LogP contribution >= 0.6 is 11.9 Å². The largest absolute Gasteiger partial charge is 0.444 e. The van der Waals surface area contributed by atoms with Crippen LogP contribution in [0.25, 0.3) is 11.3 Å². The highest BCUT2D eigenvalue weighted by Gasteiger charge is 2.13. The number of carbonyl (C=O) groups is 1. The number of amides is 1.